The van der Waals surface area contributed by atoms with Crippen molar-refractivity contribution in [2.45, 2.75) is 36.6 Å². The third-order valence-corrected chi connectivity index (χ3v) is 5.67. The van der Waals surface area contributed by atoms with Crippen molar-refractivity contribution in [3.05, 3.63) is 29.6 Å². The van der Waals surface area contributed by atoms with Gasteiger partial charge in [-0.15, -0.1) is 0 Å². The van der Waals surface area contributed by atoms with E-state index in [2.05, 4.69) is 0 Å². The van der Waals surface area contributed by atoms with Crippen molar-refractivity contribution in [1.82, 2.24) is 4.31 Å². The summed E-state index contributed by atoms with van der Waals surface area (Å²) >= 11 is 0. The van der Waals surface area contributed by atoms with Gasteiger partial charge in [-0.1, -0.05) is 0 Å². The van der Waals surface area contributed by atoms with Crippen LogP contribution in [0.3, 0.4) is 0 Å². The van der Waals surface area contributed by atoms with Crippen LogP contribution < -0.4 is 0 Å². The van der Waals surface area contributed by atoms with Crippen molar-refractivity contribution < 1.29 is 17.6 Å². The fourth-order valence-electron chi connectivity index (χ4n) is 2.40. The van der Waals surface area contributed by atoms with Gasteiger partial charge in [-0.3, -0.25) is 4.79 Å². The van der Waals surface area contributed by atoms with Crippen LogP contribution in [0.1, 0.15) is 31.2 Å². The average Bonchev–Trinajstić information content (AvgIpc) is 2.47. The minimum Gasteiger partial charge on any atom is -0.300 e. The molecule has 0 bridgehead atoms. The molecule has 0 aromatic heterocycles. The number of ketones is 1. The lowest BCUT2D eigenvalue weighted by Gasteiger charge is -2.29. The van der Waals surface area contributed by atoms with Crippen LogP contribution in [0.25, 0.3) is 0 Å². The maximum atomic E-state index is 13.3. The molecule has 0 aliphatic heterocycles. The molecule has 5 nitrogen and oxygen atoms in total. The summed E-state index contributed by atoms with van der Waals surface area (Å²) in [4.78, 5) is 11.1. The average molecular weight is 310 g/mol. The molecule has 0 saturated heterocycles. The van der Waals surface area contributed by atoms with E-state index in [-0.39, 0.29) is 22.3 Å². The first kappa shape index (κ1) is 15.6. The summed E-state index contributed by atoms with van der Waals surface area (Å²) in [6, 6.07) is 4.54. The van der Waals surface area contributed by atoms with Crippen LogP contribution in [0.2, 0.25) is 0 Å². The summed E-state index contributed by atoms with van der Waals surface area (Å²) < 4.78 is 39.5. The fraction of sp³-hybridized carbons (Fsp3) is 0.429. The highest BCUT2D eigenvalue weighted by Gasteiger charge is 2.31. The van der Waals surface area contributed by atoms with Gasteiger partial charge >= 0.3 is 0 Å². The van der Waals surface area contributed by atoms with Crippen LogP contribution in [0.4, 0.5) is 4.39 Å². The molecule has 21 heavy (non-hydrogen) atoms. The van der Waals surface area contributed by atoms with E-state index in [1.165, 1.54) is 11.4 Å². The van der Waals surface area contributed by atoms with Gasteiger partial charge in [0.25, 0.3) is 0 Å². The summed E-state index contributed by atoms with van der Waals surface area (Å²) in [5.74, 6) is -0.604. The number of sulfonamides is 1. The summed E-state index contributed by atoms with van der Waals surface area (Å²) in [5, 5.41) is 8.79. The highest BCUT2D eigenvalue weighted by molar-refractivity contribution is 7.89. The molecular formula is C14H15FN2O3S. The molecular weight excluding hydrogens is 295 g/mol. The third-order valence-electron chi connectivity index (χ3n) is 3.76. The first-order chi connectivity index (χ1) is 9.86. The van der Waals surface area contributed by atoms with E-state index in [1.54, 1.807) is 6.07 Å². The summed E-state index contributed by atoms with van der Waals surface area (Å²) in [6.45, 7) is 0. The van der Waals surface area contributed by atoms with Crippen molar-refractivity contribution in [3.63, 3.8) is 0 Å². The molecule has 1 aliphatic carbocycles. The highest BCUT2D eigenvalue weighted by Crippen LogP contribution is 2.26. The molecule has 2 rings (SSSR count). The van der Waals surface area contributed by atoms with Crippen molar-refractivity contribution in [2.24, 2.45) is 0 Å². The number of halogens is 1. The predicted octanol–water partition coefficient (Wildman–Crippen LogP) is 1.83. The van der Waals surface area contributed by atoms with Gasteiger partial charge in [0.1, 0.15) is 17.7 Å². The normalized spacial score (nSPS) is 17.0. The van der Waals surface area contributed by atoms with Crippen LogP contribution in [0.5, 0.6) is 0 Å². The zero-order valence-electron chi connectivity index (χ0n) is 11.5. The number of Topliss-reactive ketones (excluding diaryl/α,β-unsaturated/α-hetero) is 1. The molecule has 1 saturated carbocycles. The van der Waals surface area contributed by atoms with Crippen molar-refractivity contribution in [3.8, 4) is 6.07 Å². The summed E-state index contributed by atoms with van der Waals surface area (Å²) in [6.07, 6.45) is 1.72. The SMILES string of the molecule is CN(C1CCC(=O)CC1)S(=O)(=O)c1ccc(F)c(C#N)c1. The second kappa shape index (κ2) is 5.92. The lowest BCUT2D eigenvalue weighted by molar-refractivity contribution is -0.120. The van der Waals surface area contributed by atoms with Gasteiger partial charge in [0.15, 0.2) is 0 Å². The molecule has 1 aliphatic rings. The first-order valence-corrected chi connectivity index (χ1v) is 7.99. The molecule has 0 radical (unpaired) electrons. The number of carbonyl (C=O) groups is 1. The second-order valence-electron chi connectivity index (χ2n) is 5.04. The maximum Gasteiger partial charge on any atom is 0.243 e. The second-order valence-corrected chi connectivity index (χ2v) is 7.04. The van der Waals surface area contributed by atoms with Gasteiger partial charge in [-0.25, -0.2) is 12.8 Å². The summed E-state index contributed by atoms with van der Waals surface area (Å²) in [5.41, 5.74) is -0.303. The Bertz CT molecular complexity index is 699. The molecule has 112 valence electrons. The molecule has 7 heteroatoms. The lowest BCUT2D eigenvalue weighted by atomic mass is 9.95. The maximum absolute atomic E-state index is 13.3. The van der Waals surface area contributed by atoms with Crippen molar-refractivity contribution >= 4 is 15.8 Å². The van der Waals surface area contributed by atoms with E-state index in [4.69, 9.17) is 5.26 Å². The Morgan fingerprint density at radius 3 is 2.52 bits per heavy atom. The van der Waals surface area contributed by atoms with Gasteiger partial charge in [0.05, 0.1) is 10.5 Å². The Morgan fingerprint density at radius 2 is 1.95 bits per heavy atom. The molecule has 0 N–H and O–H groups in total. The van der Waals surface area contributed by atoms with Crippen LogP contribution in [-0.4, -0.2) is 31.6 Å². The van der Waals surface area contributed by atoms with Crippen LogP contribution >= 0.6 is 0 Å². The zero-order chi connectivity index (χ0) is 15.6. The minimum atomic E-state index is -3.80. The molecule has 0 unspecified atom stereocenters. The number of hydrogen-bond acceptors (Lipinski definition) is 4. The van der Waals surface area contributed by atoms with E-state index in [0.29, 0.717) is 25.7 Å². The topological polar surface area (TPSA) is 78.2 Å². The van der Waals surface area contributed by atoms with E-state index in [1.807, 2.05) is 0 Å². The Labute approximate surface area is 123 Å². The molecule has 1 aromatic carbocycles. The largest absolute Gasteiger partial charge is 0.300 e. The molecule has 0 amide bonds. The first-order valence-electron chi connectivity index (χ1n) is 6.55. The Kier molecular flexibility index (Phi) is 4.40. The van der Waals surface area contributed by atoms with Gasteiger partial charge < -0.3 is 0 Å². The lowest BCUT2D eigenvalue weighted by Crippen LogP contribution is -2.39. The molecule has 0 spiro atoms. The number of carbonyl (C=O) groups excluding carboxylic acids is 1. The Balaban J connectivity index is 2.29. The quantitative estimate of drug-likeness (QED) is 0.853. The zero-order valence-corrected chi connectivity index (χ0v) is 12.4. The van der Waals surface area contributed by atoms with Crippen LogP contribution in [0.15, 0.2) is 23.1 Å². The minimum absolute atomic E-state index is 0.111. The van der Waals surface area contributed by atoms with Crippen LogP contribution in [0, 0.1) is 17.1 Å². The predicted molar refractivity (Wildman–Crippen MR) is 73.3 cm³/mol. The standard InChI is InChI=1S/C14H15FN2O3S/c1-17(11-2-4-12(18)5-3-11)21(19,20)13-6-7-14(15)10(8-13)9-16/h6-8,11H,2-5H2,1H3. The summed E-state index contributed by atoms with van der Waals surface area (Å²) in [7, 11) is -2.35. The van der Waals surface area contributed by atoms with Gasteiger partial charge in [0, 0.05) is 25.9 Å². The Hall–Kier alpha value is -1.78. The number of rotatable bonds is 3. The molecule has 1 fully saturated rings. The molecule has 0 heterocycles. The van der Waals surface area contributed by atoms with Gasteiger partial charge in [-0.2, -0.15) is 9.57 Å². The number of nitriles is 1. The number of benzene rings is 1. The van der Waals surface area contributed by atoms with E-state index in [0.717, 1.165) is 18.2 Å². The van der Waals surface area contributed by atoms with E-state index >= 15 is 0 Å². The number of nitrogens with zero attached hydrogens (tertiary/aromatic N) is 2. The molecule has 1 aromatic rings. The smallest absolute Gasteiger partial charge is 0.243 e. The van der Waals surface area contributed by atoms with Gasteiger partial charge in [-0.05, 0) is 31.0 Å². The number of hydrogen-bond donors (Lipinski definition) is 0. The van der Waals surface area contributed by atoms with Crippen molar-refractivity contribution in [2.75, 3.05) is 7.05 Å². The molecule has 0 atom stereocenters. The fourth-order valence-corrected chi connectivity index (χ4v) is 3.84. The third kappa shape index (κ3) is 3.12. The van der Waals surface area contributed by atoms with Crippen LogP contribution in [-0.2, 0) is 14.8 Å². The highest BCUT2D eigenvalue weighted by atomic mass is 32.2. The Morgan fingerprint density at radius 1 is 1.33 bits per heavy atom. The van der Waals surface area contributed by atoms with E-state index in [9.17, 15) is 17.6 Å². The van der Waals surface area contributed by atoms with Crippen molar-refractivity contribution in [1.29, 1.82) is 5.26 Å². The van der Waals surface area contributed by atoms with E-state index < -0.39 is 15.8 Å². The van der Waals surface area contributed by atoms with Gasteiger partial charge in [0.2, 0.25) is 10.0 Å². The monoisotopic (exact) mass is 310 g/mol.